The maximum atomic E-state index is 11.9. The molecular formula is C14H12Cl2N2O4. The van der Waals surface area contributed by atoms with Gasteiger partial charge in [-0.1, -0.05) is 23.2 Å². The fraction of sp³-hybridized carbons (Fsp3) is 0.214. The summed E-state index contributed by atoms with van der Waals surface area (Å²) < 4.78 is 10.1. The van der Waals surface area contributed by atoms with Gasteiger partial charge in [-0.3, -0.25) is 4.79 Å². The van der Waals surface area contributed by atoms with Gasteiger partial charge in [0.05, 0.1) is 23.4 Å². The lowest BCUT2D eigenvalue weighted by molar-refractivity contribution is -0.129. The van der Waals surface area contributed by atoms with E-state index >= 15 is 0 Å². The Hall–Kier alpha value is -2.05. The number of hydrogen-bond donors (Lipinski definition) is 1. The minimum Gasteiger partial charge on any atom is -0.467 e. The summed E-state index contributed by atoms with van der Waals surface area (Å²) in [4.78, 5) is 27.5. The molecule has 1 amide bonds. The van der Waals surface area contributed by atoms with Crippen LogP contribution in [0.4, 0.5) is 0 Å². The lowest BCUT2D eigenvalue weighted by Crippen LogP contribution is -2.35. The number of pyridine rings is 1. The monoisotopic (exact) mass is 342 g/mol. The molecule has 2 aromatic rings. The standard InChI is InChI=1S/C14H12Cl2N2O4/c1-8(13(19)18-7-10-3-2-4-21-10)22-14(20)9-5-11(15)12(16)17-6-9/h2-6,8H,7H2,1H3,(H,18,19)/t8-/m1/s1. The van der Waals surface area contributed by atoms with E-state index in [0.717, 1.165) is 0 Å². The largest absolute Gasteiger partial charge is 0.467 e. The molecule has 1 N–H and O–H groups in total. The minimum atomic E-state index is -0.975. The van der Waals surface area contributed by atoms with Crippen LogP contribution in [0.5, 0.6) is 0 Å². The Morgan fingerprint density at radius 2 is 2.23 bits per heavy atom. The molecule has 2 aromatic heterocycles. The molecule has 0 aliphatic rings. The van der Waals surface area contributed by atoms with Crippen molar-refractivity contribution in [2.45, 2.75) is 19.6 Å². The van der Waals surface area contributed by atoms with E-state index in [1.165, 1.54) is 25.5 Å². The van der Waals surface area contributed by atoms with Gasteiger partial charge in [-0.25, -0.2) is 9.78 Å². The first kappa shape index (κ1) is 16.3. The second-order valence-electron chi connectivity index (χ2n) is 4.34. The second kappa shape index (κ2) is 7.29. The maximum Gasteiger partial charge on any atom is 0.340 e. The van der Waals surface area contributed by atoms with Gasteiger partial charge in [0.25, 0.3) is 5.91 Å². The lowest BCUT2D eigenvalue weighted by Gasteiger charge is -2.13. The van der Waals surface area contributed by atoms with E-state index in [-0.39, 0.29) is 22.3 Å². The van der Waals surface area contributed by atoms with E-state index in [2.05, 4.69) is 10.3 Å². The molecule has 0 radical (unpaired) electrons. The molecule has 2 rings (SSSR count). The number of furan rings is 1. The first-order chi connectivity index (χ1) is 10.5. The van der Waals surface area contributed by atoms with Crippen molar-refractivity contribution >= 4 is 35.1 Å². The zero-order valence-corrected chi connectivity index (χ0v) is 13.0. The minimum absolute atomic E-state index is 0.0856. The number of esters is 1. The molecule has 22 heavy (non-hydrogen) atoms. The molecule has 2 heterocycles. The van der Waals surface area contributed by atoms with Crippen molar-refractivity contribution in [3.63, 3.8) is 0 Å². The number of aromatic nitrogens is 1. The number of carbonyl (C=O) groups excluding carboxylic acids is 2. The average Bonchev–Trinajstić information content (AvgIpc) is 3.00. The fourth-order valence-corrected chi connectivity index (χ4v) is 1.82. The van der Waals surface area contributed by atoms with Crippen LogP contribution in [-0.2, 0) is 16.1 Å². The Morgan fingerprint density at radius 1 is 1.45 bits per heavy atom. The van der Waals surface area contributed by atoms with Crippen molar-refractivity contribution in [3.8, 4) is 0 Å². The van der Waals surface area contributed by atoms with Crippen molar-refractivity contribution in [1.82, 2.24) is 10.3 Å². The summed E-state index contributed by atoms with van der Waals surface area (Å²) in [6.07, 6.45) is 1.75. The number of amides is 1. The molecule has 0 saturated carbocycles. The third-order valence-corrected chi connectivity index (χ3v) is 3.39. The first-order valence-electron chi connectivity index (χ1n) is 6.29. The summed E-state index contributed by atoms with van der Waals surface area (Å²) in [6.45, 7) is 1.67. The second-order valence-corrected chi connectivity index (χ2v) is 5.11. The Balaban J connectivity index is 1.89. The highest BCUT2D eigenvalue weighted by atomic mass is 35.5. The Morgan fingerprint density at radius 3 is 2.86 bits per heavy atom. The molecule has 0 unspecified atom stereocenters. The summed E-state index contributed by atoms with van der Waals surface area (Å²) in [5, 5.41) is 2.81. The van der Waals surface area contributed by atoms with Gasteiger partial charge in [0, 0.05) is 6.20 Å². The van der Waals surface area contributed by atoms with Gasteiger partial charge < -0.3 is 14.5 Å². The van der Waals surface area contributed by atoms with Crippen molar-refractivity contribution in [3.05, 3.63) is 52.2 Å². The third kappa shape index (κ3) is 4.22. The summed E-state index contributed by atoms with van der Waals surface area (Å²) in [5.41, 5.74) is 0.111. The van der Waals surface area contributed by atoms with Crippen LogP contribution in [0.25, 0.3) is 0 Å². The van der Waals surface area contributed by atoms with Gasteiger partial charge in [0.2, 0.25) is 0 Å². The Labute approximate surface area is 136 Å². The maximum absolute atomic E-state index is 11.9. The summed E-state index contributed by atoms with van der Waals surface area (Å²) in [5.74, 6) is -0.565. The van der Waals surface area contributed by atoms with Crippen LogP contribution in [0.15, 0.2) is 35.1 Å². The van der Waals surface area contributed by atoms with Gasteiger partial charge in [0.1, 0.15) is 10.9 Å². The molecule has 8 heteroatoms. The molecule has 6 nitrogen and oxygen atoms in total. The van der Waals surface area contributed by atoms with E-state index in [0.29, 0.717) is 5.76 Å². The topological polar surface area (TPSA) is 81.4 Å². The zero-order valence-electron chi connectivity index (χ0n) is 11.5. The third-order valence-electron chi connectivity index (χ3n) is 2.70. The van der Waals surface area contributed by atoms with Gasteiger partial charge in [0.15, 0.2) is 6.10 Å². The molecule has 0 bridgehead atoms. The number of nitrogens with zero attached hydrogens (tertiary/aromatic N) is 1. The van der Waals surface area contributed by atoms with E-state index < -0.39 is 18.0 Å². The first-order valence-corrected chi connectivity index (χ1v) is 7.05. The Bertz CT molecular complexity index is 673. The highest BCUT2D eigenvalue weighted by Crippen LogP contribution is 2.20. The summed E-state index contributed by atoms with van der Waals surface area (Å²) in [6, 6.07) is 4.76. The summed E-state index contributed by atoms with van der Waals surface area (Å²) >= 11 is 11.4. The molecule has 116 valence electrons. The van der Waals surface area contributed by atoms with Crippen molar-refractivity contribution in [1.29, 1.82) is 0 Å². The van der Waals surface area contributed by atoms with E-state index in [1.807, 2.05) is 0 Å². The van der Waals surface area contributed by atoms with Crippen molar-refractivity contribution in [2.24, 2.45) is 0 Å². The quantitative estimate of drug-likeness (QED) is 0.667. The predicted molar refractivity (Wildman–Crippen MR) is 79.7 cm³/mol. The van der Waals surface area contributed by atoms with Gasteiger partial charge in [-0.05, 0) is 25.1 Å². The molecule has 0 aromatic carbocycles. The van der Waals surface area contributed by atoms with Crippen LogP contribution in [0.3, 0.4) is 0 Å². The van der Waals surface area contributed by atoms with E-state index in [9.17, 15) is 9.59 Å². The van der Waals surface area contributed by atoms with Gasteiger partial charge >= 0.3 is 5.97 Å². The van der Waals surface area contributed by atoms with Gasteiger partial charge in [-0.15, -0.1) is 0 Å². The number of ether oxygens (including phenoxy) is 1. The molecule has 0 saturated heterocycles. The van der Waals surface area contributed by atoms with Crippen molar-refractivity contribution in [2.75, 3.05) is 0 Å². The van der Waals surface area contributed by atoms with Crippen LogP contribution in [0.2, 0.25) is 10.2 Å². The zero-order chi connectivity index (χ0) is 16.1. The van der Waals surface area contributed by atoms with Gasteiger partial charge in [-0.2, -0.15) is 0 Å². The SMILES string of the molecule is C[C@@H](OC(=O)c1cnc(Cl)c(Cl)c1)C(=O)NCc1ccco1. The van der Waals surface area contributed by atoms with E-state index in [1.54, 1.807) is 12.1 Å². The summed E-state index contributed by atoms with van der Waals surface area (Å²) in [7, 11) is 0. The number of hydrogen-bond acceptors (Lipinski definition) is 5. The normalized spacial score (nSPS) is 11.8. The van der Waals surface area contributed by atoms with Crippen molar-refractivity contribution < 1.29 is 18.7 Å². The smallest absolute Gasteiger partial charge is 0.340 e. The van der Waals surface area contributed by atoms with Crippen LogP contribution in [-0.4, -0.2) is 23.0 Å². The molecular weight excluding hydrogens is 331 g/mol. The molecule has 0 aliphatic carbocycles. The molecule has 0 fully saturated rings. The molecule has 0 spiro atoms. The van der Waals surface area contributed by atoms with Crippen LogP contribution in [0.1, 0.15) is 23.0 Å². The predicted octanol–water partition coefficient (Wildman–Crippen LogP) is 2.84. The lowest BCUT2D eigenvalue weighted by atomic mass is 10.3. The molecule has 0 aliphatic heterocycles. The van der Waals surface area contributed by atoms with Crippen LogP contribution in [0, 0.1) is 0 Å². The highest BCUT2D eigenvalue weighted by molar-refractivity contribution is 6.41. The average molecular weight is 343 g/mol. The number of rotatable bonds is 5. The number of carbonyl (C=O) groups is 2. The van der Waals surface area contributed by atoms with E-state index in [4.69, 9.17) is 32.4 Å². The highest BCUT2D eigenvalue weighted by Gasteiger charge is 2.19. The van der Waals surface area contributed by atoms with Crippen LogP contribution < -0.4 is 5.32 Å². The fourth-order valence-electron chi connectivity index (χ4n) is 1.55. The number of nitrogens with one attached hydrogen (secondary N) is 1. The van der Waals surface area contributed by atoms with Crippen LogP contribution >= 0.6 is 23.2 Å². The molecule has 1 atom stereocenters. The Kier molecular flexibility index (Phi) is 5.41. The number of halogens is 2.